The lowest BCUT2D eigenvalue weighted by Crippen LogP contribution is -2.56. The fourth-order valence-electron chi connectivity index (χ4n) is 3.34. The molecule has 8 nitrogen and oxygen atoms in total. The zero-order chi connectivity index (χ0) is 17.5. The van der Waals surface area contributed by atoms with Crippen molar-refractivity contribution in [1.29, 1.82) is 0 Å². The van der Waals surface area contributed by atoms with Crippen LogP contribution in [0.5, 0.6) is 0 Å². The van der Waals surface area contributed by atoms with E-state index in [0.717, 1.165) is 70.7 Å². The Morgan fingerprint density at radius 3 is 2.52 bits per heavy atom. The van der Waals surface area contributed by atoms with E-state index in [1.807, 2.05) is 13.1 Å². The van der Waals surface area contributed by atoms with Gasteiger partial charge in [-0.25, -0.2) is 9.97 Å². The molecule has 25 heavy (non-hydrogen) atoms. The second-order valence-electron chi connectivity index (χ2n) is 6.42. The molecular weight excluding hydrogens is 320 g/mol. The van der Waals surface area contributed by atoms with Gasteiger partial charge in [-0.05, 0) is 6.07 Å². The van der Waals surface area contributed by atoms with Crippen LogP contribution in [0.4, 0.5) is 5.95 Å². The Morgan fingerprint density at radius 2 is 1.92 bits per heavy atom. The Morgan fingerprint density at radius 1 is 1.24 bits per heavy atom. The number of nitrogens with one attached hydrogen (secondary N) is 1. The van der Waals surface area contributed by atoms with Gasteiger partial charge >= 0.3 is 0 Å². The number of methoxy groups -OCH3 is 1. The first kappa shape index (κ1) is 17.9. The lowest BCUT2D eigenvalue weighted by molar-refractivity contribution is -0.0857. The van der Waals surface area contributed by atoms with E-state index in [1.54, 1.807) is 19.5 Å². The molecule has 2 fully saturated rings. The second-order valence-corrected chi connectivity index (χ2v) is 6.42. The molecule has 1 aromatic rings. The minimum absolute atomic E-state index is 0.159. The van der Waals surface area contributed by atoms with Crippen molar-refractivity contribution in [3.63, 3.8) is 0 Å². The molecule has 1 N–H and O–H groups in total. The highest BCUT2D eigenvalue weighted by atomic mass is 16.5. The van der Waals surface area contributed by atoms with Crippen LogP contribution >= 0.6 is 0 Å². The molecule has 0 spiro atoms. The molecule has 8 heteroatoms. The van der Waals surface area contributed by atoms with Gasteiger partial charge in [0, 0.05) is 85.3 Å². The summed E-state index contributed by atoms with van der Waals surface area (Å²) in [6, 6.07) is 1.84. The van der Waals surface area contributed by atoms with Gasteiger partial charge in [0.25, 0.3) is 0 Å². The zero-order valence-corrected chi connectivity index (χ0v) is 15.1. The maximum absolute atomic E-state index is 5.80. The van der Waals surface area contributed by atoms with E-state index in [1.165, 1.54) is 0 Å². The molecule has 0 aliphatic carbocycles. The molecule has 2 saturated heterocycles. The molecule has 2 aliphatic heterocycles. The molecule has 0 atom stereocenters. The lowest BCUT2D eigenvalue weighted by atomic mass is 9.94. The monoisotopic (exact) mass is 348 g/mol. The summed E-state index contributed by atoms with van der Waals surface area (Å²) >= 11 is 0. The highest BCUT2D eigenvalue weighted by molar-refractivity contribution is 5.80. The molecular formula is C17H28N6O2. The van der Waals surface area contributed by atoms with E-state index < -0.39 is 0 Å². The summed E-state index contributed by atoms with van der Waals surface area (Å²) in [5.41, 5.74) is -0.159. The third-order valence-corrected chi connectivity index (χ3v) is 5.03. The molecule has 0 unspecified atom stereocenters. The highest BCUT2D eigenvalue weighted by Crippen LogP contribution is 2.23. The molecule has 3 rings (SSSR count). The Labute approximate surface area is 149 Å². The minimum atomic E-state index is -0.159. The first-order valence-corrected chi connectivity index (χ1v) is 8.87. The van der Waals surface area contributed by atoms with Gasteiger partial charge < -0.3 is 24.6 Å². The van der Waals surface area contributed by atoms with E-state index in [9.17, 15) is 0 Å². The quantitative estimate of drug-likeness (QED) is 0.622. The van der Waals surface area contributed by atoms with Crippen LogP contribution in [0, 0.1) is 0 Å². The molecule has 1 aromatic heterocycles. The maximum Gasteiger partial charge on any atom is 0.225 e. The van der Waals surface area contributed by atoms with Gasteiger partial charge in [0.15, 0.2) is 5.96 Å². The van der Waals surface area contributed by atoms with E-state index >= 15 is 0 Å². The van der Waals surface area contributed by atoms with Crippen molar-refractivity contribution in [3.05, 3.63) is 18.5 Å². The predicted molar refractivity (Wildman–Crippen MR) is 97.0 cm³/mol. The van der Waals surface area contributed by atoms with Crippen molar-refractivity contribution < 1.29 is 9.47 Å². The first-order valence-electron chi connectivity index (χ1n) is 8.87. The minimum Gasteiger partial charge on any atom is -0.381 e. The molecule has 2 aliphatic rings. The molecule has 0 aromatic carbocycles. The van der Waals surface area contributed by atoms with Crippen LogP contribution < -0.4 is 10.2 Å². The van der Waals surface area contributed by atoms with Crippen LogP contribution in [0.2, 0.25) is 0 Å². The smallest absolute Gasteiger partial charge is 0.225 e. The van der Waals surface area contributed by atoms with E-state index in [2.05, 4.69) is 30.1 Å². The van der Waals surface area contributed by atoms with Gasteiger partial charge in [0.1, 0.15) is 0 Å². The van der Waals surface area contributed by atoms with Crippen molar-refractivity contribution in [3.8, 4) is 0 Å². The van der Waals surface area contributed by atoms with Crippen LogP contribution in [0.3, 0.4) is 0 Å². The standard InChI is InChI=1S/C17H28N6O2/c1-18-15(21-14-17(24-2)4-12-25-13-5-17)22-8-10-23(11-9-22)16-19-6-3-7-20-16/h3,6-7H,4-5,8-14H2,1-2H3,(H,18,21). The SMILES string of the molecule is CN=C(NCC1(OC)CCOCC1)N1CCN(c2ncccn2)CC1. The number of guanidine groups is 1. The average molecular weight is 348 g/mol. The summed E-state index contributed by atoms with van der Waals surface area (Å²) in [6.07, 6.45) is 5.39. The molecule has 0 saturated carbocycles. The largest absolute Gasteiger partial charge is 0.381 e. The Bertz CT molecular complexity index is 554. The van der Waals surface area contributed by atoms with E-state index in [-0.39, 0.29) is 5.60 Å². The van der Waals surface area contributed by atoms with Crippen molar-refractivity contribution in [2.45, 2.75) is 18.4 Å². The Balaban J connectivity index is 1.52. The maximum atomic E-state index is 5.80. The van der Waals surface area contributed by atoms with Gasteiger partial charge in [0.05, 0.1) is 5.60 Å². The number of aliphatic imine (C=N–C) groups is 1. The fraction of sp³-hybridized carbons (Fsp3) is 0.706. The van der Waals surface area contributed by atoms with Gasteiger partial charge in [-0.3, -0.25) is 4.99 Å². The predicted octanol–water partition coefficient (Wildman–Crippen LogP) is 0.370. The summed E-state index contributed by atoms with van der Waals surface area (Å²) in [4.78, 5) is 17.6. The van der Waals surface area contributed by atoms with Gasteiger partial charge in [-0.1, -0.05) is 0 Å². The topological polar surface area (TPSA) is 75.1 Å². The van der Waals surface area contributed by atoms with Crippen molar-refractivity contribution in [2.75, 3.05) is 65.0 Å². The van der Waals surface area contributed by atoms with Crippen LogP contribution in [0.15, 0.2) is 23.5 Å². The number of ether oxygens (including phenoxy) is 2. The van der Waals surface area contributed by atoms with Gasteiger partial charge in [0.2, 0.25) is 5.95 Å². The Hall–Kier alpha value is -1.93. The van der Waals surface area contributed by atoms with Gasteiger partial charge in [-0.15, -0.1) is 0 Å². The number of hydrogen-bond acceptors (Lipinski definition) is 6. The lowest BCUT2D eigenvalue weighted by Gasteiger charge is -2.39. The zero-order valence-electron chi connectivity index (χ0n) is 15.1. The summed E-state index contributed by atoms with van der Waals surface area (Å²) in [5.74, 6) is 1.72. The summed E-state index contributed by atoms with van der Waals surface area (Å²) in [7, 11) is 3.62. The molecule has 0 bridgehead atoms. The first-order chi connectivity index (χ1) is 12.3. The molecule has 0 radical (unpaired) electrons. The number of hydrogen-bond donors (Lipinski definition) is 1. The average Bonchev–Trinajstić information content (AvgIpc) is 2.70. The number of piperazine rings is 1. The van der Waals surface area contributed by atoms with Crippen molar-refractivity contribution >= 4 is 11.9 Å². The Kier molecular flexibility index (Phi) is 6.04. The number of nitrogens with zero attached hydrogens (tertiary/aromatic N) is 5. The third-order valence-electron chi connectivity index (χ3n) is 5.03. The summed E-state index contributed by atoms with van der Waals surface area (Å²) in [5, 5.41) is 3.50. The highest BCUT2D eigenvalue weighted by Gasteiger charge is 2.33. The number of anilines is 1. The number of aromatic nitrogens is 2. The molecule has 138 valence electrons. The summed E-state index contributed by atoms with van der Waals surface area (Å²) in [6.45, 7) is 5.80. The normalized spacial score (nSPS) is 21.3. The van der Waals surface area contributed by atoms with Crippen molar-refractivity contribution in [2.24, 2.45) is 4.99 Å². The van der Waals surface area contributed by atoms with Crippen LogP contribution in [0.25, 0.3) is 0 Å². The fourth-order valence-corrected chi connectivity index (χ4v) is 3.34. The van der Waals surface area contributed by atoms with Crippen LogP contribution in [0.1, 0.15) is 12.8 Å². The van der Waals surface area contributed by atoms with Gasteiger partial charge in [-0.2, -0.15) is 0 Å². The van der Waals surface area contributed by atoms with E-state index in [4.69, 9.17) is 9.47 Å². The van der Waals surface area contributed by atoms with Crippen LogP contribution in [-0.2, 0) is 9.47 Å². The van der Waals surface area contributed by atoms with E-state index in [0.29, 0.717) is 0 Å². The summed E-state index contributed by atoms with van der Waals surface area (Å²) < 4.78 is 11.3. The number of rotatable bonds is 4. The third kappa shape index (κ3) is 4.38. The van der Waals surface area contributed by atoms with Crippen molar-refractivity contribution in [1.82, 2.24) is 20.2 Å². The molecule has 0 amide bonds. The van der Waals surface area contributed by atoms with Crippen LogP contribution in [-0.4, -0.2) is 86.5 Å². The second kappa shape index (κ2) is 8.44. The molecule has 3 heterocycles.